The molecule has 0 radical (unpaired) electrons. The first kappa shape index (κ1) is 17.9. The molecule has 2 saturated carbocycles. The van der Waals surface area contributed by atoms with E-state index in [0.717, 1.165) is 56.1 Å². The third-order valence-corrected chi connectivity index (χ3v) is 6.04. The lowest BCUT2D eigenvalue weighted by Gasteiger charge is -2.32. The van der Waals surface area contributed by atoms with E-state index in [1.54, 1.807) is 24.3 Å². The van der Waals surface area contributed by atoms with Crippen molar-refractivity contribution in [2.45, 2.75) is 44.6 Å². The summed E-state index contributed by atoms with van der Waals surface area (Å²) >= 11 is 0. The number of nitrogens with zero attached hydrogens (tertiary/aromatic N) is 1. The SMILES string of the molecule is N#CC1(CNC[C@H]2CCCC[C@@H]2NC(=O)c2cc3cc(O)ccc3[nH]2)CC1. The zero-order valence-electron chi connectivity index (χ0n) is 15.4. The molecule has 2 fully saturated rings. The average Bonchev–Trinajstić information content (AvgIpc) is 3.32. The van der Waals surface area contributed by atoms with E-state index < -0.39 is 0 Å². The molecule has 1 aromatic heterocycles. The van der Waals surface area contributed by atoms with E-state index in [1.165, 1.54) is 6.42 Å². The van der Waals surface area contributed by atoms with Gasteiger partial charge < -0.3 is 20.7 Å². The van der Waals surface area contributed by atoms with Crippen molar-refractivity contribution in [3.63, 3.8) is 0 Å². The molecule has 2 aromatic rings. The molecule has 142 valence electrons. The standard InChI is InChI=1S/C21H26N4O2/c22-12-21(7-8-21)13-23-11-14-3-1-2-4-17(14)25-20(27)19-10-15-9-16(26)5-6-18(15)24-19/h5-6,9-10,14,17,23-24,26H,1-4,7-8,11,13H2,(H,25,27)/t14-,17+/m1/s1. The number of aromatic nitrogens is 1. The highest BCUT2D eigenvalue weighted by atomic mass is 16.3. The van der Waals surface area contributed by atoms with Gasteiger partial charge in [0.15, 0.2) is 0 Å². The lowest BCUT2D eigenvalue weighted by atomic mass is 9.84. The predicted octanol–water partition coefficient (Wildman–Crippen LogP) is 3.06. The molecule has 0 spiro atoms. The second-order valence-corrected chi connectivity index (χ2v) is 8.10. The summed E-state index contributed by atoms with van der Waals surface area (Å²) in [5.41, 5.74) is 1.23. The molecular formula is C21H26N4O2. The van der Waals surface area contributed by atoms with E-state index in [4.69, 9.17) is 0 Å². The summed E-state index contributed by atoms with van der Waals surface area (Å²) in [7, 11) is 0. The Morgan fingerprint density at radius 1 is 1.30 bits per heavy atom. The van der Waals surface area contributed by atoms with E-state index in [0.29, 0.717) is 11.6 Å². The maximum atomic E-state index is 12.7. The van der Waals surface area contributed by atoms with E-state index in [9.17, 15) is 15.2 Å². The third kappa shape index (κ3) is 3.93. The molecule has 1 amide bonds. The molecule has 27 heavy (non-hydrogen) atoms. The summed E-state index contributed by atoms with van der Waals surface area (Å²) in [5.74, 6) is 0.488. The number of nitriles is 1. The fourth-order valence-electron chi connectivity index (χ4n) is 4.11. The molecule has 6 nitrogen and oxygen atoms in total. The Bertz CT molecular complexity index is 878. The number of carbonyl (C=O) groups is 1. The van der Waals surface area contributed by atoms with Crippen molar-refractivity contribution in [1.82, 2.24) is 15.6 Å². The minimum absolute atomic E-state index is 0.0988. The summed E-state index contributed by atoms with van der Waals surface area (Å²) < 4.78 is 0. The zero-order valence-corrected chi connectivity index (χ0v) is 15.4. The van der Waals surface area contributed by atoms with Crippen LogP contribution in [0.3, 0.4) is 0 Å². The van der Waals surface area contributed by atoms with E-state index in [-0.39, 0.29) is 23.1 Å². The molecule has 2 atom stereocenters. The van der Waals surface area contributed by atoms with Crippen molar-refractivity contribution in [2.24, 2.45) is 11.3 Å². The number of hydrogen-bond acceptors (Lipinski definition) is 4. The molecule has 4 rings (SSSR count). The fourth-order valence-corrected chi connectivity index (χ4v) is 4.11. The van der Waals surface area contributed by atoms with Crippen LogP contribution in [0.25, 0.3) is 10.9 Å². The van der Waals surface area contributed by atoms with E-state index in [1.807, 2.05) is 0 Å². The first-order chi connectivity index (χ1) is 13.1. The van der Waals surface area contributed by atoms with Gasteiger partial charge in [-0.2, -0.15) is 5.26 Å². The van der Waals surface area contributed by atoms with Crippen LogP contribution < -0.4 is 10.6 Å². The number of aromatic hydroxyl groups is 1. The monoisotopic (exact) mass is 366 g/mol. The molecule has 0 aliphatic heterocycles. The highest BCUT2D eigenvalue weighted by Crippen LogP contribution is 2.44. The number of rotatable bonds is 6. The number of benzene rings is 1. The number of amides is 1. The van der Waals surface area contributed by atoms with Gasteiger partial charge in [0.05, 0.1) is 11.5 Å². The van der Waals surface area contributed by atoms with E-state index >= 15 is 0 Å². The number of nitrogens with one attached hydrogen (secondary N) is 3. The molecular weight excluding hydrogens is 340 g/mol. The maximum Gasteiger partial charge on any atom is 0.267 e. The molecule has 0 saturated heterocycles. The molecule has 0 unspecified atom stereocenters. The minimum Gasteiger partial charge on any atom is -0.508 e. The summed E-state index contributed by atoms with van der Waals surface area (Å²) in [6, 6.07) is 9.38. The van der Waals surface area contributed by atoms with Gasteiger partial charge in [0.2, 0.25) is 0 Å². The number of carbonyl (C=O) groups excluding carboxylic acids is 1. The fraction of sp³-hybridized carbons (Fsp3) is 0.524. The van der Waals surface area contributed by atoms with Crippen LogP contribution in [0.5, 0.6) is 5.75 Å². The lowest BCUT2D eigenvalue weighted by Crippen LogP contribution is -2.46. The van der Waals surface area contributed by atoms with Crippen LogP contribution in [0.2, 0.25) is 0 Å². The lowest BCUT2D eigenvalue weighted by molar-refractivity contribution is 0.0901. The number of H-pyrrole nitrogens is 1. The summed E-state index contributed by atoms with van der Waals surface area (Å²) in [4.78, 5) is 15.9. The first-order valence-corrected chi connectivity index (χ1v) is 9.83. The topological polar surface area (TPSA) is 101 Å². The second-order valence-electron chi connectivity index (χ2n) is 8.10. The van der Waals surface area contributed by atoms with Crippen LogP contribution >= 0.6 is 0 Å². The molecule has 2 aliphatic rings. The summed E-state index contributed by atoms with van der Waals surface area (Å²) in [6.07, 6.45) is 6.40. The Hall–Kier alpha value is -2.52. The van der Waals surface area contributed by atoms with Gasteiger partial charge in [-0.05, 0) is 62.4 Å². The zero-order chi connectivity index (χ0) is 18.9. The summed E-state index contributed by atoms with van der Waals surface area (Å²) in [5, 5.41) is 26.3. The van der Waals surface area contributed by atoms with Gasteiger partial charge in [-0.25, -0.2) is 0 Å². The smallest absolute Gasteiger partial charge is 0.267 e. The number of phenolic OH excluding ortho intramolecular Hbond substituents is 1. The molecule has 0 bridgehead atoms. The summed E-state index contributed by atoms with van der Waals surface area (Å²) in [6.45, 7) is 1.60. The van der Waals surface area contributed by atoms with Crippen LogP contribution in [0, 0.1) is 22.7 Å². The Balaban J connectivity index is 1.37. The number of aromatic amines is 1. The minimum atomic E-state index is -0.136. The van der Waals surface area contributed by atoms with Crippen LogP contribution in [0.1, 0.15) is 49.0 Å². The van der Waals surface area contributed by atoms with Gasteiger partial charge in [0.1, 0.15) is 11.4 Å². The van der Waals surface area contributed by atoms with Gasteiger partial charge >= 0.3 is 0 Å². The quantitative estimate of drug-likeness (QED) is 0.631. The van der Waals surface area contributed by atoms with Crippen molar-refractivity contribution < 1.29 is 9.90 Å². The van der Waals surface area contributed by atoms with Crippen molar-refractivity contribution in [1.29, 1.82) is 5.26 Å². The van der Waals surface area contributed by atoms with Gasteiger partial charge in [0.25, 0.3) is 5.91 Å². The van der Waals surface area contributed by atoms with E-state index in [2.05, 4.69) is 21.7 Å². The Morgan fingerprint density at radius 2 is 2.11 bits per heavy atom. The van der Waals surface area contributed by atoms with Crippen molar-refractivity contribution in [3.8, 4) is 11.8 Å². The van der Waals surface area contributed by atoms with Gasteiger partial charge in [-0.1, -0.05) is 12.8 Å². The third-order valence-electron chi connectivity index (χ3n) is 6.04. The number of hydrogen-bond donors (Lipinski definition) is 4. The first-order valence-electron chi connectivity index (χ1n) is 9.83. The van der Waals surface area contributed by atoms with Gasteiger partial charge in [-0.3, -0.25) is 4.79 Å². The highest BCUT2D eigenvalue weighted by Gasteiger charge is 2.42. The average molecular weight is 366 g/mol. The van der Waals surface area contributed by atoms with Gasteiger partial charge in [-0.15, -0.1) is 0 Å². The van der Waals surface area contributed by atoms with Crippen LogP contribution in [0.4, 0.5) is 0 Å². The van der Waals surface area contributed by atoms with Crippen molar-refractivity contribution >= 4 is 16.8 Å². The highest BCUT2D eigenvalue weighted by molar-refractivity contribution is 5.98. The number of fused-ring (bicyclic) bond motifs is 1. The van der Waals surface area contributed by atoms with Crippen molar-refractivity contribution in [2.75, 3.05) is 13.1 Å². The Morgan fingerprint density at radius 3 is 2.89 bits per heavy atom. The molecule has 1 heterocycles. The van der Waals surface area contributed by atoms with Crippen LogP contribution in [0.15, 0.2) is 24.3 Å². The molecule has 1 aromatic carbocycles. The van der Waals surface area contributed by atoms with Crippen LogP contribution in [-0.4, -0.2) is 35.1 Å². The van der Waals surface area contributed by atoms with Gasteiger partial charge in [0, 0.05) is 23.5 Å². The number of phenols is 1. The normalized spacial score (nSPS) is 23.7. The van der Waals surface area contributed by atoms with Crippen LogP contribution in [-0.2, 0) is 0 Å². The van der Waals surface area contributed by atoms with Crippen molar-refractivity contribution in [3.05, 3.63) is 30.0 Å². The molecule has 2 aliphatic carbocycles. The Kier molecular flexibility index (Phi) is 4.79. The Labute approximate surface area is 159 Å². The second kappa shape index (κ2) is 7.24. The largest absolute Gasteiger partial charge is 0.508 e. The predicted molar refractivity (Wildman–Crippen MR) is 103 cm³/mol. The molecule has 6 heteroatoms. The molecule has 4 N–H and O–H groups in total. The maximum absolute atomic E-state index is 12.7.